The number of phosphoric ester groups is 3. The van der Waals surface area contributed by atoms with Crippen molar-refractivity contribution in [3.8, 4) is 0 Å². The van der Waals surface area contributed by atoms with E-state index >= 15 is 0 Å². The van der Waals surface area contributed by atoms with Gasteiger partial charge >= 0.3 is 23.5 Å². The minimum atomic E-state index is -5.58. The highest BCUT2D eigenvalue weighted by Gasteiger charge is 2.50. The predicted octanol–water partition coefficient (Wildman–Crippen LogP) is 3.23. The number of nitrogens with two attached hydrogens (primary N) is 1. The first-order chi connectivity index (χ1) is 29.5. The maximum atomic E-state index is 12.8. The fraction of sp³-hybridized carbons (Fsp3) is 0.441. The second kappa shape index (κ2) is 21.5. The fourth-order valence-corrected chi connectivity index (χ4v) is 10.6. The van der Waals surface area contributed by atoms with Crippen LogP contribution in [-0.2, 0) is 45.9 Å². The van der Waals surface area contributed by atoms with E-state index in [1.165, 1.54) is 13.8 Å². The summed E-state index contributed by atoms with van der Waals surface area (Å²) in [4.78, 5) is 76.5. The van der Waals surface area contributed by atoms with Crippen LogP contribution >= 0.6 is 58.4 Å². The molecule has 3 unspecified atom stereocenters. The van der Waals surface area contributed by atoms with Gasteiger partial charge in [-0.3, -0.25) is 27.7 Å². The quantitative estimate of drug-likeness (QED) is 0.0403. The number of carbonyl (C=O) groups is 2. The zero-order valence-corrected chi connectivity index (χ0v) is 38.1. The van der Waals surface area contributed by atoms with Gasteiger partial charge in [0.25, 0.3) is 0 Å². The zero-order chi connectivity index (χ0) is 46.3. The van der Waals surface area contributed by atoms with E-state index in [9.17, 15) is 53.1 Å². The smallest absolute Gasteiger partial charge is 0.386 e. The average Bonchev–Trinajstić information content (AvgIpc) is 3.76. The number of amides is 2. The topological polar surface area (TPSA) is 347 Å². The van der Waals surface area contributed by atoms with E-state index in [-0.39, 0.29) is 41.7 Å². The molecule has 4 aromatic rings. The summed E-state index contributed by atoms with van der Waals surface area (Å²) in [5.41, 5.74) is 6.13. The van der Waals surface area contributed by atoms with E-state index in [0.29, 0.717) is 15.8 Å². The molecule has 2 amide bonds. The Morgan fingerprint density at radius 2 is 1.70 bits per heavy atom. The first-order valence-corrected chi connectivity index (χ1v) is 24.8. The molecule has 2 aromatic carbocycles. The number of nitrogens with zero attached hydrogens (tertiary/aromatic N) is 4. The Morgan fingerprint density at radius 1 is 1.00 bits per heavy atom. The van der Waals surface area contributed by atoms with E-state index in [2.05, 4.69) is 34.4 Å². The number of carbonyl (C=O) groups excluding carboxylic acids is 2. The molecule has 5 rings (SSSR count). The molecule has 1 aliphatic rings. The van der Waals surface area contributed by atoms with Crippen LogP contribution in [0, 0.1) is 5.41 Å². The van der Waals surface area contributed by atoms with Crippen molar-refractivity contribution in [3.63, 3.8) is 0 Å². The summed E-state index contributed by atoms with van der Waals surface area (Å²) in [7, 11) is -16.4. The molecule has 23 nitrogen and oxygen atoms in total. The standard InChI is InChI=1S/C34H44Cl2N7O16P3S/c1-34(2,29(46)32(47)39-11-10-24(44)38-12-13-63-28(19-6-4-3-5-7-19)21-9-8-20(35)14-22(21)36)16-56-62(53,54)59-61(51,52)55-15-23-27(58-60(48,49)50)26(45)33(57-23)43-18-42-25-30(37)40-17-41-31(25)43/h3-9,14,17-18,23,26-29,33,45-46H,10-13,15-16H2,1-2H3,(H,38,44)(H,39,47)(H,51,52)(H,53,54)(H2,37,40,41)(H2,48,49,50)/t23-,26-,27-,28?,29+,33-/m1/s1. The van der Waals surface area contributed by atoms with Gasteiger partial charge in [-0.15, -0.1) is 11.8 Å². The molecule has 346 valence electrons. The number of thioether (sulfide) groups is 1. The zero-order valence-electron chi connectivity index (χ0n) is 33.1. The van der Waals surface area contributed by atoms with E-state index in [1.807, 2.05) is 36.4 Å². The summed E-state index contributed by atoms with van der Waals surface area (Å²) in [5.74, 6) is -0.896. The molecule has 0 spiro atoms. The van der Waals surface area contributed by atoms with Crippen molar-refractivity contribution in [2.75, 3.05) is 37.8 Å². The molecule has 63 heavy (non-hydrogen) atoms. The second-order valence-electron chi connectivity index (χ2n) is 14.4. The third-order valence-electron chi connectivity index (χ3n) is 9.13. The monoisotopic (exact) mass is 1000 g/mol. The summed E-state index contributed by atoms with van der Waals surface area (Å²) in [5, 5.41) is 27.7. The number of rotatable bonds is 22. The van der Waals surface area contributed by atoms with Crippen LogP contribution in [-0.4, -0.2) is 118 Å². The first kappa shape index (κ1) is 50.9. The molecule has 29 heteroatoms. The van der Waals surface area contributed by atoms with Crippen LogP contribution in [0.4, 0.5) is 5.82 Å². The highest BCUT2D eigenvalue weighted by atomic mass is 35.5. The number of nitrogen functional groups attached to an aromatic ring is 1. The number of nitrogens with one attached hydrogen (secondary N) is 2. The summed E-state index contributed by atoms with van der Waals surface area (Å²) in [6, 6.07) is 14.9. The van der Waals surface area contributed by atoms with Crippen molar-refractivity contribution in [3.05, 3.63) is 82.4 Å². The Bertz CT molecular complexity index is 2390. The Balaban J connectivity index is 1.06. The van der Waals surface area contributed by atoms with Crippen molar-refractivity contribution >= 4 is 87.2 Å². The molecule has 10 N–H and O–H groups in total. The lowest BCUT2D eigenvalue weighted by Crippen LogP contribution is -2.46. The van der Waals surface area contributed by atoms with Gasteiger partial charge in [0.15, 0.2) is 17.7 Å². The van der Waals surface area contributed by atoms with Crippen LogP contribution in [0.3, 0.4) is 0 Å². The minimum absolute atomic E-state index is 0.0306. The van der Waals surface area contributed by atoms with Gasteiger partial charge in [-0.05, 0) is 23.3 Å². The van der Waals surface area contributed by atoms with Gasteiger partial charge in [0, 0.05) is 40.7 Å². The van der Waals surface area contributed by atoms with Gasteiger partial charge in [0.1, 0.15) is 36.3 Å². The predicted molar refractivity (Wildman–Crippen MR) is 227 cm³/mol. The third-order valence-corrected chi connectivity index (χ3v) is 14.1. The van der Waals surface area contributed by atoms with Crippen molar-refractivity contribution in [1.82, 2.24) is 30.2 Å². The number of aliphatic hydroxyl groups is 2. The molecule has 0 bridgehead atoms. The normalized spacial score (nSPS) is 21.0. The first-order valence-electron chi connectivity index (χ1n) is 18.5. The van der Waals surface area contributed by atoms with E-state index in [1.54, 1.807) is 23.9 Å². The van der Waals surface area contributed by atoms with Crippen LogP contribution in [0.2, 0.25) is 10.0 Å². The van der Waals surface area contributed by atoms with Crippen LogP contribution < -0.4 is 16.4 Å². The molecule has 0 aliphatic carbocycles. The number of ether oxygens (including phenoxy) is 1. The number of imidazole rings is 1. The Hall–Kier alpha value is -3.09. The van der Waals surface area contributed by atoms with Gasteiger partial charge in [0.2, 0.25) is 11.8 Å². The van der Waals surface area contributed by atoms with E-state index in [4.69, 9.17) is 42.7 Å². The number of aromatic nitrogens is 4. The molecule has 2 aromatic heterocycles. The van der Waals surface area contributed by atoms with Crippen LogP contribution in [0.1, 0.15) is 42.9 Å². The Labute approximate surface area is 373 Å². The number of halogens is 2. The molecule has 3 heterocycles. The number of phosphoric acid groups is 3. The highest BCUT2D eigenvalue weighted by Crippen LogP contribution is 2.61. The lowest BCUT2D eigenvalue weighted by atomic mass is 9.87. The minimum Gasteiger partial charge on any atom is -0.386 e. The summed E-state index contributed by atoms with van der Waals surface area (Å²) >= 11 is 14.1. The molecule has 0 radical (unpaired) electrons. The second-order valence-corrected chi connectivity index (χ2v) is 20.7. The largest absolute Gasteiger partial charge is 0.481 e. The van der Waals surface area contributed by atoms with Crippen molar-refractivity contribution < 1.29 is 75.7 Å². The average molecular weight is 1000 g/mol. The molecule has 1 fully saturated rings. The van der Waals surface area contributed by atoms with Crippen molar-refractivity contribution in [2.45, 2.75) is 56.2 Å². The number of anilines is 1. The summed E-state index contributed by atoms with van der Waals surface area (Å²) < 4.78 is 62.5. The van der Waals surface area contributed by atoms with Gasteiger partial charge in [-0.2, -0.15) is 4.31 Å². The third kappa shape index (κ3) is 14.2. The molecule has 1 saturated heterocycles. The lowest BCUT2D eigenvalue weighted by molar-refractivity contribution is -0.137. The molecule has 8 atom stereocenters. The molecular weight excluding hydrogens is 958 g/mol. The number of hydrogen-bond donors (Lipinski definition) is 9. The lowest BCUT2D eigenvalue weighted by Gasteiger charge is -2.30. The van der Waals surface area contributed by atoms with Gasteiger partial charge < -0.3 is 50.9 Å². The number of benzene rings is 2. The SMILES string of the molecule is CC(C)(COP(=O)(O)OP(=O)(O)OC[C@H]1O[C@@H](n2cnc3c(N)ncnc32)[C@H](O)[C@@H]1OP(=O)(O)O)[C@@H](O)C(=O)NCCC(=O)NCCSC(c1ccccc1)c1ccc(Cl)cc1Cl. The summed E-state index contributed by atoms with van der Waals surface area (Å²) in [6.45, 7) is 0.611. The number of hydrogen-bond acceptors (Lipinski definition) is 17. The Morgan fingerprint density at radius 3 is 2.38 bits per heavy atom. The fourth-order valence-electron chi connectivity index (χ4n) is 6.01. The van der Waals surface area contributed by atoms with Crippen LogP contribution in [0.5, 0.6) is 0 Å². The maximum Gasteiger partial charge on any atom is 0.481 e. The van der Waals surface area contributed by atoms with Gasteiger partial charge in [-0.25, -0.2) is 28.6 Å². The number of aliphatic hydroxyl groups excluding tert-OH is 2. The van der Waals surface area contributed by atoms with E-state index < -0.39 is 84.6 Å². The van der Waals surface area contributed by atoms with Gasteiger partial charge in [-0.1, -0.05) is 73.4 Å². The summed E-state index contributed by atoms with van der Waals surface area (Å²) in [6.07, 6.45) is -6.91. The molecule has 0 saturated carbocycles. The number of fused-ring (bicyclic) bond motifs is 1. The maximum absolute atomic E-state index is 12.8. The molecular formula is C34H44Cl2N7O16P3S. The van der Waals surface area contributed by atoms with Crippen LogP contribution in [0.15, 0.2) is 61.2 Å². The Kier molecular flexibility index (Phi) is 17.4. The van der Waals surface area contributed by atoms with Crippen LogP contribution in [0.25, 0.3) is 11.2 Å². The van der Waals surface area contributed by atoms with Crippen molar-refractivity contribution in [2.24, 2.45) is 5.41 Å². The highest BCUT2D eigenvalue weighted by molar-refractivity contribution is 7.99. The van der Waals surface area contributed by atoms with E-state index in [0.717, 1.165) is 28.3 Å². The van der Waals surface area contributed by atoms with Crippen molar-refractivity contribution in [1.29, 1.82) is 0 Å². The van der Waals surface area contributed by atoms with Gasteiger partial charge in [0.05, 0.1) is 24.8 Å². The molecule has 1 aliphatic heterocycles.